The van der Waals surface area contributed by atoms with Gasteiger partial charge in [0.2, 0.25) is 0 Å². The molecule has 2 aromatic rings. The Kier molecular flexibility index (Phi) is 4.03. The second kappa shape index (κ2) is 5.74. The van der Waals surface area contributed by atoms with Gasteiger partial charge in [-0.15, -0.1) is 0 Å². The van der Waals surface area contributed by atoms with Crippen LogP contribution in [0.4, 0.5) is 15.8 Å². The number of aryl methyl sites for hydroxylation is 2. The third-order valence-corrected chi connectivity index (χ3v) is 3.05. The molecule has 2 rings (SSSR count). The Morgan fingerprint density at radius 1 is 1.15 bits per heavy atom. The van der Waals surface area contributed by atoms with Crippen molar-refractivity contribution in [2.45, 2.75) is 20.3 Å². The van der Waals surface area contributed by atoms with E-state index in [4.69, 9.17) is 5.11 Å². The number of nitrogens with one attached hydrogen (secondary N) is 1. The highest BCUT2D eigenvalue weighted by molar-refractivity contribution is 5.71. The molecule has 104 valence electrons. The van der Waals surface area contributed by atoms with Gasteiger partial charge in [0.1, 0.15) is 5.82 Å². The highest BCUT2D eigenvalue weighted by Crippen LogP contribution is 2.24. The summed E-state index contributed by atoms with van der Waals surface area (Å²) in [6, 6.07) is 10.3. The monoisotopic (exact) mass is 273 g/mol. The summed E-state index contributed by atoms with van der Waals surface area (Å²) in [5, 5.41) is 11.7. The minimum Gasteiger partial charge on any atom is -0.481 e. The number of hydrogen-bond donors (Lipinski definition) is 2. The summed E-state index contributed by atoms with van der Waals surface area (Å²) in [5.41, 5.74) is 3.73. The van der Waals surface area contributed by atoms with Crippen molar-refractivity contribution in [3.05, 3.63) is 58.9 Å². The fourth-order valence-electron chi connectivity index (χ4n) is 1.96. The molecule has 4 heteroatoms. The molecule has 0 atom stereocenters. The molecule has 0 radical (unpaired) electrons. The molecule has 0 spiro atoms. The normalized spacial score (nSPS) is 10.3. The average Bonchev–Trinajstić information content (AvgIpc) is 2.36. The van der Waals surface area contributed by atoms with E-state index in [1.165, 1.54) is 6.07 Å². The smallest absolute Gasteiger partial charge is 0.307 e. The minimum absolute atomic E-state index is 0.180. The van der Waals surface area contributed by atoms with Crippen LogP contribution in [0.25, 0.3) is 0 Å². The van der Waals surface area contributed by atoms with Crippen molar-refractivity contribution in [1.82, 2.24) is 0 Å². The van der Waals surface area contributed by atoms with Crippen molar-refractivity contribution in [3.8, 4) is 0 Å². The van der Waals surface area contributed by atoms with Gasteiger partial charge in [0.05, 0.1) is 12.1 Å². The van der Waals surface area contributed by atoms with E-state index in [1.54, 1.807) is 12.1 Å². The molecule has 0 unspecified atom stereocenters. The number of carbonyl (C=O) groups is 1. The summed E-state index contributed by atoms with van der Waals surface area (Å²) in [6.07, 6.45) is -0.180. The zero-order valence-corrected chi connectivity index (χ0v) is 11.4. The molecule has 0 fully saturated rings. The zero-order chi connectivity index (χ0) is 14.7. The number of rotatable bonds is 4. The van der Waals surface area contributed by atoms with Gasteiger partial charge in [-0.2, -0.15) is 0 Å². The Balaban J connectivity index is 2.25. The van der Waals surface area contributed by atoms with Crippen molar-refractivity contribution in [2.24, 2.45) is 0 Å². The van der Waals surface area contributed by atoms with Crippen LogP contribution < -0.4 is 5.32 Å². The molecule has 0 saturated carbocycles. The summed E-state index contributed by atoms with van der Waals surface area (Å²) in [7, 11) is 0. The Labute approximate surface area is 117 Å². The Morgan fingerprint density at radius 3 is 2.55 bits per heavy atom. The highest BCUT2D eigenvalue weighted by atomic mass is 19.1. The van der Waals surface area contributed by atoms with Gasteiger partial charge in [0.25, 0.3) is 0 Å². The predicted octanol–water partition coefficient (Wildman–Crippen LogP) is 3.81. The van der Waals surface area contributed by atoms with Crippen LogP contribution in [0.1, 0.15) is 16.7 Å². The van der Waals surface area contributed by atoms with Crippen molar-refractivity contribution in [1.29, 1.82) is 0 Å². The summed E-state index contributed by atoms with van der Waals surface area (Å²) in [5.74, 6) is -1.43. The second-order valence-corrected chi connectivity index (χ2v) is 4.83. The van der Waals surface area contributed by atoms with Crippen LogP contribution in [-0.2, 0) is 11.2 Å². The third-order valence-electron chi connectivity index (χ3n) is 3.05. The molecule has 0 aliphatic heterocycles. The van der Waals surface area contributed by atoms with Crippen LogP contribution in [0.2, 0.25) is 0 Å². The lowest BCUT2D eigenvalue weighted by molar-refractivity contribution is -0.136. The van der Waals surface area contributed by atoms with Gasteiger partial charge in [0, 0.05) is 5.69 Å². The van der Waals surface area contributed by atoms with Crippen LogP contribution >= 0.6 is 0 Å². The Hall–Kier alpha value is -2.36. The lowest BCUT2D eigenvalue weighted by atomic mass is 10.1. The molecule has 0 bridgehead atoms. The number of benzene rings is 2. The van der Waals surface area contributed by atoms with Crippen molar-refractivity contribution in [3.63, 3.8) is 0 Å². The molecule has 2 N–H and O–H groups in total. The molecule has 20 heavy (non-hydrogen) atoms. The van der Waals surface area contributed by atoms with E-state index < -0.39 is 11.8 Å². The molecule has 2 aromatic carbocycles. The first kappa shape index (κ1) is 14.1. The van der Waals surface area contributed by atoms with Gasteiger partial charge in [-0.3, -0.25) is 4.79 Å². The van der Waals surface area contributed by atoms with Crippen LogP contribution in [0.5, 0.6) is 0 Å². The number of halogens is 1. The third kappa shape index (κ3) is 3.35. The molecule has 0 amide bonds. The summed E-state index contributed by atoms with van der Waals surface area (Å²) in [6.45, 7) is 3.91. The summed E-state index contributed by atoms with van der Waals surface area (Å²) >= 11 is 0. The van der Waals surface area contributed by atoms with Gasteiger partial charge in [-0.05, 0) is 48.7 Å². The van der Waals surface area contributed by atoms with Crippen molar-refractivity contribution < 1.29 is 14.3 Å². The quantitative estimate of drug-likeness (QED) is 0.890. The van der Waals surface area contributed by atoms with E-state index in [2.05, 4.69) is 5.32 Å². The average molecular weight is 273 g/mol. The molecule has 0 aliphatic carbocycles. The van der Waals surface area contributed by atoms with Gasteiger partial charge < -0.3 is 10.4 Å². The lowest BCUT2D eigenvalue weighted by Crippen LogP contribution is -2.02. The molecular weight excluding hydrogens is 257 g/mol. The van der Waals surface area contributed by atoms with E-state index in [-0.39, 0.29) is 6.42 Å². The fourth-order valence-corrected chi connectivity index (χ4v) is 1.96. The number of anilines is 2. The first-order valence-electron chi connectivity index (χ1n) is 6.30. The summed E-state index contributed by atoms with van der Waals surface area (Å²) in [4.78, 5) is 10.6. The van der Waals surface area contributed by atoms with E-state index >= 15 is 0 Å². The van der Waals surface area contributed by atoms with Gasteiger partial charge in [0.15, 0.2) is 0 Å². The van der Waals surface area contributed by atoms with Gasteiger partial charge in [-0.1, -0.05) is 18.2 Å². The van der Waals surface area contributed by atoms with E-state index in [9.17, 15) is 9.18 Å². The second-order valence-electron chi connectivity index (χ2n) is 4.83. The van der Waals surface area contributed by atoms with Gasteiger partial charge in [-0.25, -0.2) is 4.39 Å². The first-order valence-corrected chi connectivity index (χ1v) is 6.30. The molecule has 0 aliphatic rings. The fraction of sp³-hybridized carbons (Fsp3) is 0.188. The minimum atomic E-state index is -0.973. The SMILES string of the molecule is Cc1ccc(C)c(Nc2ccc(CC(=O)O)cc2F)c1. The summed E-state index contributed by atoms with van der Waals surface area (Å²) < 4.78 is 14.0. The van der Waals surface area contributed by atoms with E-state index in [0.717, 1.165) is 16.8 Å². The molecule has 3 nitrogen and oxygen atoms in total. The standard InChI is InChI=1S/C16H16FNO2/c1-10-3-4-11(2)15(7-10)18-14-6-5-12(8-13(14)17)9-16(19)20/h3-8,18H,9H2,1-2H3,(H,19,20). The van der Waals surface area contributed by atoms with E-state index in [0.29, 0.717) is 11.3 Å². The topological polar surface area (TPSA) is 49.3 Å². The number of carboxylic acid groups (broad SMARTS) is 1. The number of carboxylic acids is 1. The molecular formula is C16H16FNO2. The van der Waals surface area contributed by atoms with Crippen LogP contribution in [-0.4, -0.2) is 11.1 Å². The molecule has 0 saturated heterocycles. The molecule has 0 heterocycles. The highest BCUT2D eigenvalue weighted by Gasteiger charge is 2.08. The van der Waals surface area contributed by atoms with Crippen molar-refractivity contribution in [2.75, 3.05) is 5.32 Å². The lowest BCUT2D eigenvalue weighted by Gasteiger charge is -2.12. The maximum atomic E-state index is 14.0. The zero-order valence-electron chi connectivity index (χ0n) is 11.4. The first-order chi connectivity index (χ1) is 9.45. The van der Waals surface area contributed by atoms with Crippen molar-refractivity contribution >= 4 is 17.3 Å². The molecule has 0 aromatic heterocycles. The number of aliphatic carboxylic acids is 1. The predicted molar refractivity (Wildman–Crippen MR) is 76.9 cm³/mol. The maximum absolute atomic E-state index is 14.0. The Bertz CT molecular complexity index is 653. The maximum Gasteiger partial charge on any atom is 0.307 e. The van der Waals surface area contributed by atoms with E-state index in [1.807, 2.05) is 32.0 Å². The largest absolute Gasteiger partial charge is 0.481 e. The van der Waals surface area contributed by atoms with Crippen LogP contribution in [0.3, 0.4) is 0 Å². The number of hydrogen-bond acceptors (Lipinski definition) is 2. The van der Waals surface area contributed by atoms with Crippen LogP contribution in [0.15, 0.2) is 36.4 Å². The van der Waals surface area contributed by atoms with Gasteiger partial charge >= 0.3 is 5.97 Å². The Morgan fingerprint density at radius 2 is 1.90 bits per heavy atom. The van der Waals surface area contributed by atoms with Crippen LogP contribution in [0, 0.1) is 19.7 Å².